The van der Waals surface area contributed by atoms with Gasteiger partial charge in [0, 0.05) is 6.20 Å². The Bertz CT molecular complexity index is 880. The SMILES string of the molecule is [B]c1cc(C)cnc1Nc1c(C(=O)NOCC(=O)O)cc([B])c(F)c1F. The number of halogens is 2. The van der Waals surface area contributed by atoms with E-state index in [1.807, 2.05) is 0 Å². The molecule has 26 heavy (non-hydrogen) atoms. The first-order valence-electron chi connectivity index (χ1n) is 7.11. The minimum atomic E-state index is -1.44. The molecule has 0 saturated carbocycles. The fourth-order valence-electron chi connectivity index (χ4n) is 1.98. The van der Waals surface area contributed by atoms with Crippen LogP contribution in [-0.4, -0.2) is 44.3 Å². The van der Waals surface area contributed by atoms with E-state index in [0.29, 0.717) is 0 Å². The molecule has 1 amide bonds. The second kappa shape index (κ2) is 7.96. The summed E-state index contributed by atoms with van der Waals surface area (Å²) in [6.45, 7) is 0.898. The number of carboxylic acid groups (broad SMARTS) is 1. The van der Waals surface area contributed by atoms with Crippen LogP contribution < -0.4 is 21.7 Å². The topological polar surface area (TPSA) is 101 Å². The first kappa shape index (κ1) is 19.4. The fourth-order valence-corrected chi connectivity index (χ4v) is 1.98. The maximum Gasteiger partial charge on any atom is 0.332 e. The molecule has 0 unspecified atom stereocenters. The maximum atomic E-state index is 14.3. The van der Waals surface area contributed by atoms with Crippen LogP contribution in [0.2, 0.25) is 0 Å². The maximum absolute atomic E-state index is 14.3. The van der Waals surface area contributed by atoms with Crippen LogP contribution in [-0.2, 0) is 9.63 Å². The number of carbonyl (C=O) groups is 2. The summed E-state index contributed by atoms with van der Waals surface area (Å²) >= 11 is 0. The van der Waals surface area contributed by atoms with E-state index in [2.05, 4.69) is 15.1 Å². The molecular formula is C15H11B2F2N3O4. The zero-order valence-electron chi connectivity index (χ0n) is 13.5. The summed E-state index contributed by atoms with van der Waals surface area (Å²) in [5.41, 5.74) is 1.02. The molecule has 1 aromatic carbocycles. The monoisotopic (exact) mass is 357 g/mol. The Hall–Kier alpha value is -2.94. The Morgan fingerprint density at radius 2 is 1.92 bits per heavy atom. The van der Waals surface area contributed by atoms with Crippen LogP contribution in [0.15, 0.2) is 18.3 Å². The Balaban J connectivity index is 2.41. The molecule has 2 rings (SSSR count). The first-order valence-corrected chi connectivity index (χ1v) is 7.11. The van der Waals surface area contributed by atoms with Crippen molar-refractivity contribution in [3.8, 4) is 0 Å². The molecule has 0 aliphatic rings. The lowest BCUT2D eigenvalue weighted by Gasteiger charge is -2.16. The van der Waals surface area contributed by atoms with Crippen molar-refractivity contribution < 1.29 is 28.3 Å². The van der Waals surface area contributed by atoms with Crippen LogP contribution >= 0.6 is 0 Å². The largest absolute Gasteiger partial charge is 0.479 e. The van der Waals surface area contributed by atoms with Crippen molar-refractivity contribution in [2.45, 2.75) is 6.92 Å². The van der Waals surface area contributed by atoms with Crippen molar-refractivity contribution in [3.63, 3.8) is 0 Å². The van der Waals surface area contributed by atoms with Crippen LogP contribution in [0.4, 0.5) is 20.3 Å². The zero-order chi connectivity index (χ0) is 19.4. The van der Waals surface area contributed by atoms with E-state index in [9.17, 15) is 18.4 Å². The second-order valence-electron chi connectivity index (χ2n) is 5.21. The number of carboxylic acids is 1. The average molecular weight is 357 g/mol. The summed E-state index contributed by atoms with van der Waals surface area (Å²) in [5.74, 6) is -5.22. The smallest absolute Gasteiger partial charge is 0.332 e. The molecule has 7 nitrogen and oxygen atoms in total. The van der Waals surface area contributed by atoms with E-state index in [0.717, 1.165) is 11.6 Å². The number of pyridine rings is 1. The Kier molecular flexibility index (Phi) is 5.93. The lowest BCUT2D eigenvalue weighted by Crippen LogP contribution is -2.29. The number of hydrogen-bond acceptors (Lipinski definition) is 5. The third-order valence-corrected chi connectivity index (χ3v) is 3.14. The van der Waals surface area contributed by atoms with Crippen molar-refractivity contribution >= 4 is 50.0 Å². The van der Waals surface area contributed by atoms with E-state index >= 15 is 0 Å². The van der Waals surface area contributed by atoms with E-state index in [1.165, 1.54) is 12.3 Å². The summed E-state index contributed by atoms with van der Waals surface area (Å²) in [6.07, 6.45) is 1.43. The molecule has 11 heteroatoms. The highest BCUT2D eigenvalue weighted by Gasteiger charge is 2.22. The molecule has 0 bridgehead atoms. The number of aliphatic carboxylic acids is 1. The number of hydroxylamine groups is 1. The number of benzene rings is 1. The zero-order valence-corrected chi connectivity index (χ0v) is 13.5. The number of nitrogens with zero attached hydrogens (tertiary/aromatic N) is 1. The highest BCUT2D eigenvalue weighted by Crippen LogP contribution is 2.24. The van der Waals surface area contributed by atoms with Gasteiger partial charge in [-0.05, 0) is 12.5 Å². The van der Waals surface area contributed by atoms with Gasteiger partial charge in [0.2, 0.25) is 0 Å². The van der Waals surface area contributed by atoms with Crippen LogP contribution in [0.1, 0.15) is 15.9 Å². The van der Waals surface area contributed by atoms with Gasteiger partial charge in [-0.1, -0.05) is 23.1 Å². The van der Waals surface area contributed by atoms with Crippen LogP contribution in [0.3, 0.4) is 0 Å². The third kappa shape index (κ3) is 4.37. The predicted octanol–water partition coefficient (Wildman–Crippen LogP) is -0.255. The molecule has 0 spiro atoms. The predicted molar refractivity (Wildman–Crippen MR) is 90.4 cm³/mol. The highest BCUT2D eigenvalue weighted by molar-refractivity contribution is 6.36. The highest BCUT2D eigenvalue weighted by atomic mass is 19.2. The lowest BCUT2D eigenvalue weighted by atomic mass is 9.91. The van der Waals surface area contributed by atoms with Crippen LogP contribution in [0, 0.1) is 18.6 Å². The van der Waals surface area contributed by atoms with Gasteiger partial charge in [-0.25, -0.2) is 24.0 Å². The molecule has 0 saturated heterocycles. The van der Waals surface area contributed by atoms with Crippen LogP contribution in [0.5, 0.6) is 0 Å². The lowest BCUT2D eigenvalue weighted by molar-refractivity contribution is -0.144. The average Bonchev–Trinajstić information content (AvgIpc) is 2.56. The molecule has 3 N–H and O–H groups in total. The molecule has 2 aromatic rings. The summed E-state index contributed by atoms with van der Waals surface area (Å²) < 4.78 is 28.2. The second-order valence-corrected chi connectivity index (χ2v) is 5.21. The third-order valence-electron chi connectivity index (χ3n) is 3.14. The quantitative estimate of drug-likeness (QED) is 0.487. The number of rotatable bonds is 6. The van der Waals surface area contributed by atoms with Gasteiger partial charge in [0.25, 0.3) is 5.91 Å². The van der Waals surface area contributed by atoms with E-state index < -0.39 is 46.8 Å². The fraction of sp³-hybridized carbons (Fsp3) is 0.133. The molecule has 0 aliphatic heterocycles. The van der Waals surface area contributed by atoms with E-state index in [-0.39, 0.29) is 11.3 Å². The Morgan fingerprint density at radius 1 is 1.23 bits per heavy atom. The molecular weight excluding hydrogens is 346 g/mol. The van der Waals surface area contributed by atoms with Gasteiger partial charge in [0.1, 0.15) is 21.5 Å². The van der Waals surface area contributed by atoms with Gasteiger partial charge in [-0.3, -0.25) is 9.63 Å². The van der Waals surface area contributed by atoms with Crippen molar-refractivity contribution in [2.75, 3.05) is 11.9 Å². The molecule has 1 aromatic heterocycles. The normalized spacial score (nSPS) is 10.4. The molecule has 0 aliphatic carbocycles. The molecule has 4 radical (unpaired) electrons. The summed E-state index contributed by atoms with van der Waals surface area (Å²) in [6, 6.07) is 2.40. The minimum absolute atomic E-state index is 0.0147. The number of aromatic nitrogens is 1. The Labute approximate surface area is 149 Å². The van der Waals surface area contributed by atoms with Crippen molar-refractivity contribution in [3.05, 3.63) is 41.1 Å². The summed E-state index contributed by atoms with van der Waals surface area (Å²) in [4.78, 5) is 30.9. The van der Waals surface area contributed by atoms with E-state index in [4.69, 9.17) is 20.8 Å². The number of nitrogens with one attached hydrogen (secondary N) is 2. The number of aryl methyl sites for hydroxylation is 1. The molecule has 130 valence electrons. The van der Waals surface area contributed by atoms with Gasteiger partial charge >= 0.3 is 5.97 Å². The van der Waals surface area contributed by atoms with Gasteiger partial charge < -0.3 is 10.4 Å². The minimum Gasteiger partial charge on any atom is -0.479 e. The summed E-state index contributed by atoms with van der Waals surface area (Å²) in [5, 5.41) is 10.9. The number of anilines is 2. The standard InChI is InChI=1S/C15H11B2F2N3O4/c1-6-2-9(17)14(20-4-6)21-13-7(3-8(16)11(18)12(13)19)15(25)22-26-5-10(23)24/h2-4H,5H2,1H3,(H,20,21)(H,22,25)(H,23,24). The Morgan fingerprint density at radius 3 is 2.54 bits per heavy atom. The van der Waals surface area contributed by atoms with Gasteiger partial charge in [0.15, 0.2) is 18.2 Å². The van der Waals surface area contributed by atoms with Gasteiger partial charge in [0.05, 0.1) is 11.3 Å². The van der Waals surface area contributed by atoms with Crippen LogP contribution in [0.25, 0.3) is 0 Å². The van der Waals surface area contributed by atoms with Gasteiger partial charge in [-0.15, -0.1) is 0 Å². The van der Waals surface area contributed by atoms with E-state index in [1.54, 1.807) is 12.4 Å². The van der Waals surface area contributed by atoms with Crippen molar-refractivity contribution in [1.29, 1.82) is 0 Å². The number of carbonyl (C=O) groups excluding carboxylic acids is 1. The molecule has 0 atom stereocenters. The number of hydrogen-bond donors (Lipinski definition) is 3. The first-order chi connectivity index (χ1) is 12.2. The molecule has 1 heterocycles. The van der Waals surface area contributed by atoms with Crippen molar-refractivity contribution in [2.24, 2.45) is 0 Å². The number of amides is 1. The molecule has 0 fully saturated rings. The summed E-state index contributed by atoms with van der Waals surface area (Å²) in [7, 11) is 11.1. The van der Waals surface area contributed by atoms with Crippen molar-refractivity contribution in [1.82, 2.24) is 10.5 Å². The van der Waals surface area contributed by atoms with Gasteiger partial charge in [-0.2, -0.15) is 0 Å².